The molecule has 1 amide bonds. The summed E-state index contributed by atoms with van der Waals surface area (Å²) in [5.74, 6) is 0.906. The van der Waals surface area contributed by atoms with E-state index in [0.29, 0.717) is 19.4 Å². The molecule has 4 nitrogen and oxygen atoms in total. The van der Waals surface area contributed by atoms with Gasteiger partial charge in [-0.25, -0.2) is 0 Å². The average molecular weight is 329 g/mol. The van der Waals surface area contributed by atoms with Crippen molar-refractivity contribution in [2.75, 3.05) is 20.2 Å². The molecule has 0 spiro atoms. The summed E-state index contributed by atoms with van der Waals surface area (Å²) in [7, 11) is 1.64. The molecule has 0 aliphatic carbocycles. The number of para-hydroxylation sites is 1. The molecule has 19 heavy (non-hydrogen) atoms. The molecule has 106 valence electrons. The predicted octanol–water partition coefficient (Wildman–Crippen LogP) is 2.46. The molecule has 0 aliphatic rings. The van der Waals surface area contributed by atoms with E-state index in [4.69, 9.17) is 4.74 Å². The van der Waals surface area contributed by atoms with Crippen molar-refractivity contribution in [2.45, 2.75) is 26.3 Å². The molecule has 0 radical (unpaired) electrons. The van der Waals surface area contributed by atoms with Crippen molar-refractivity contribution in [2.24, 2.45) is 0 Å². The molecule has 0 fully saturated rings. The second-order valence-electron chi connectivity index (χ2n) is 4.13. The van der Waals surface area contributed by atoms with Crippen molar-refractivity contribution in [3.63, 3.8) is 0 Å². The number of halogens is 1. The third kappa shape index (κ3) is 5.61. The molecule has 0 aliphatic heterocycles. The van der Waals surface area contributed by atoms with Crippen molar-refractivity contribution < 1.29 is 9.53 Å². The van der Waals surface area contributed by atoms with E-state index in [1.165, 1.54) is 0 Å². The number of hydrogen-bond acceptors (Lipinski definition) is 3. The van der Waals surface area contributed by atoms with Gasteiger partial charge in [0.15, 0.2) is 0 Å². The van der Waals surface area contributed by atoms with E-state index in [0.717, 1.165) is 28.9 Å². The molecule has 0 unspecified atom stereocenters. The summed E-state index contributed by atoms with van der Waals surface area (Å²) < 4.78 is 6.74. The maximum Gasteiger partial charge on any atom is 0.219 e. The van der Waals surface area contributed by atoms with E-state index in [1.807, 2.05) is 18.2 Å². The molecular formula is C14H21BrN2O2. The molecule has 2 N–H and O–H groups in total. The van der Waals surface area contributed by atoms with Crippen molar-refractivity contribution in [3.8, 4) is 5.75 Å². The Hall–Kier alpha value is -1.07. The highest BCUT2D eigenvalue weighted by molar-refractivity contribution is 9.10. The molecule has 1 rings (SSSR count). The van der Waals surface area contributed by atoms with Gasteiger partial charge in [-0.2, -0.15) is 0 Å². The van der Waals surface area contributed by atoms with E-state index in [1.54, 1.807) is 7.05 Å². The van der Waals surface area contributed by atoms with Crippen LogP contribution < -0.4 is 15.4 Å². The number of rotatable bonds is 8. The third-order valence-corrected chi connectivity index (χ3v) is 3.31. The second-order valence-corrected chi connectivity index (χ2v) is 4.99. The molecule has 1 aromatic carbocycles. The summed E-state index contributed by atoms with van der Waals surface area (Å²) in [4.78, 5) is 11.1. The molecule has 5 heteroatoms. The summed E-state index contributed by atoms with van der Waals surface area (Å²) in [5.41, 5.74) is 1.12. The number of benzene rings is 1. The lowest BCUT2D eigenvalue weighted by molar-refractivity contribution is -0.120. The minimum atomic E-state index is 0.0450. The quantitative estimate of drug-likeness (QED) is 0.721. The Labute approximate surface area is 123 Å². The Kier molecular flexibility index (Phi) is 7.52. The first-order valence-corrected chi connectivity index (χ1v) is 7.29. The highest BCUT2D eigenvalue weighted by Crippen LogP contribution is 2.29. The lowest BCUT2D eigenvalue weighted by atomic mass is 10.2. The number of amides is 1. The minimum Gasteiger partial charge on any atom is -0.492 e. The molecular weight excluding hydrogens is 308 g/mol. The van der Waals surface area contributed by atoms with Gasteiger partial charge in [0.25, 0.3) is 0 Å². The monoisotopic (exact) mass is 328 g/mol. The van der Waals surface area contributed by atoms with Crippen molar-refractivity contribution >= 4 is 21.8 Å². The van der Waals surface area contributed by atoms with Gasteiger partial charge in [0.1, 0.15) is 5.75 Å². The summed E-state index contributed by atoms with van der Waals surface area (Å²) in [6.07, 6.45) is 1.20. The molecule has 0 saturated carbocycles. The Morgan fingerprint density at radius 1 is 1.42 bits per heavy atom. The molecule has 0 aromatic heterocycles. The van der Waals surface area contributed by atoms with Gasteiger partial charge < -0.3 is 15.4 Å². The molecule has 0 bridgehead atoms. The van der Waals surface area contributed by atoms with Crippen LogP contribution in [0.4, 0.5) is 0 Å². The zero-order chi connectivity index (χ0) is 14.1. The Morgan fingerprint density at radius 2 is 2.21 bits per heavy atom. The Morgan fingerprint density at radius 3 is 2.89 bits per heavy atom. The summed E-state index contributed by atoms with van der Waals surface area (Å²) >= 11 is 3.50. The molecule has 0 atom stereocenters. The van der Waals surface area contributed by atoms with E-state index in [-0.39, 0.29) is 5.91 Å². The van der Waals surface area contributed by atoms with Crippen LogP contribution in [0.25, 0.3) is 0 Å². The summed E-state index contributed by atoms with van der Waals surface area (Å²) in [5, 5.41) is 5.89. The highest BCUT2D eigenvalue weighted by Gasteiger charge is 2.08. The largest absolute Gasteiger partial charge is 0.492 e. The van der Waals surface area contributed by atoms with E-state index >= 15 is 0 Å². The molecule has 1 aromatic rings. The van der Waals surface area contributed by atoms with Crippen molar-refractivity contribution in [3.05, 3.63) is 28.2 Å². The maximum absolute atomic E-state index is 11.1. The van der Waals surface area contributed by atoms with E-state index in [2.05, 4.69) is 33.5 Å². The Balaban J connectivity index is 2.53. The number of ether oxygens (including phenoxy) is 1. The summed E-state index contributed by atoms with van der Waals surface area (Å²) in [6, 6.07) is 6.00. The zero-order valence-electron chi connectivity index (χ0n) is 11.5. The first kappa shape index (κ1) is 16.0. The van der Waals surface area contributed by atoms with Crippen molar-refractivity contribution in [1.29, 1.82) is 0 Å². The zero-order valence-corrected chi connectivity index (χ0v) is 13.0. The topological polar surface area (TPSA) is 50.4 Å². The lowest BCUT2D eigenvalue weighted by Gasteiger charge is -2.13. The predicted molar refractivity (Wildman–Crippen MR) is 80.3 cm³/mol. The first-order chi connectivity index (χ1) is 9.19. The second kappa shape index (κ2) is 8.93. The SMILES string of the molecule is CCNCc1cccc(Br)c1OCCCC(=O)NC. The molecule has 0 heterocycles. The number of nitrogens with one attached hydrogen (secondary N) is 2. The maximum atomic E-state index is 11.1. The van der Waals surface area contributed by atoms with Gasteiger partial charge in [-0.05, 0) is 35.0 Å². The fraction of sp³-hybridized carbons (Fsp3) is 0.500. The number of hydrogen-bond donors (Lipinski definition) is 2. The van der Waals surface area contributed by atoms with E-state index in [9.17, 15) is 4.79 Å². The standard InChI is InChI=1S/C14H21BrN2O2/c1-3-17-10-11-6-4-7-12(15)14(11)19-9-5-8-13(18)16-2/h4,6-7,17H,3,5,8-10H2,1-2H3,(H,16,18). The van der Waals surface area contributed by atoms with Gasteiger partial charge in [-0.1, -0.05) is 19.1 Å². The number of carbonyl (C=O) groups is 1. The Bertz CT molecular complexity index is 410. The van der Waals surface area contributed by atoms with Gasteiger partial charge >= 0.3 is 0 Å². The van der Waals surface area contributed by atoms with Crippen LogP contribution in [0.15, 0.2) is 22.7 Å². The summed E-state index contributed by atoms with van der Waals surface area (Å²) in [6.45, 7) is 4.31. The normalized spacial score (nSPS) is 10.3. The first-order valence-electron chi connectivity index (χ1n) is 6.50. The van der Waals surface area contributed by atoms with Gasteiger partial charge in [-0.3, -0.25) is 4.79 Å². The van der Waals surface area contributed by atoms with Crippen LogP contribution >= 0.6 is 15.9 Å². The van der Waals surface area contributed by atoms with Gasteiger partial charge in [0.05, 0.1) is 11.1 Å². The van der Waals surface area contributed by atoms with Crippen LogP contribution in [0.5, 0.6) is 5.75 Å². The highest BCUT2D eigenvalue weighted by atomic mass is 79.9. The van der Waals surface area contributed by atoms with Gasteiger partial charge in [-0.15, -0.1) is 0 Å². The minimum absolute atomic E-state index is 0.0450. The molecule has 0 saturated heterocycles. The smallest absolute Gasteiger partial charge is 0.219 e. The van der Waals surface area contributed by atoms with E-state index < -0.39 is 0 Å². The van der Waals surface area contributed by atoms with Crippen LogP contribution in [0.3, 0.4) is 0 Å². The van der Waals surface area contributed by atoms with Crippen LogP contribution in [0.2, 0.25) is 0 Å². The van der Waals surface area contributed by atoms with Crippen LogP contribution in [0.1, 0.15) is 25.3 Å². The van der Waals surface area contributed by atoms with Crippen LogP contribution in [-0.4, -0.2) is 26.1 Å². The lowest BCUT2D eigenvalue weighted by Crippen LogP contribution is -2.18. The fourth-order valence-electron chi connectivity index (χ4n) is 1.65. The van der Waals surface area contributed by atoms with Crippen LogP contribution in [0, 0.1) is 0 Å². The average Bonchev–Trinajstić information content (AvgIpc) is 2.42. The number of carbonyl (C=O) groups excluding carboxylic acids is 1. The van der Waals surface area contributed by atoms with Gasteiger partial charge in [0, 0.05) is 25.6 Å². The van der Waals surface area contributed by atoms with Gasteiger partial charge in [0.2, 0.25) is 5.91 Å². The fourth-order valence-corrected chi connectivity index (χ4v) is 2.17. The van der Waals surface area contributed by atoms with Crippen LogP contribution in [-0.2, 0) is 11.3 Å². The third-order valence-electron chi connectivity index (χ3n) is 2.69. The van der Waals surface area contributed by atoms with Crippen molar-refractivity contribution in [1.82, 2.24) is 10.6 Å².